The molecule has 0 rings (SSSR count). The molecule has 0 aromatic carbocycles. The third-order valence-corrected chi connectivity index (χ3v) is 1.59. The first-order chi connectivity index (χ1) is 5.97. The van der Waals surface area contributed by atoms with Crippen molar-refractivity contribution >= 4 is 5.91 Å². The molecule has 78 valence electrons. The maximum Gasteiger partial charge on any atom is 0.315 e. The van der Waals surface area contributed by atoms with Crippen LogP contribution in [0.5, 0.6) is 0 Å². The lowest BCUT2D eigenvalue weighted by molar-refractivity contribution is -0.132. The summed E-state index contributed by atoms with van der Waals surface area (Å²) in [6.07, 6.45) is -2.34. The van der Waals surface area contributed by atoms with Crippen molar-refractivity contribution < 1.29 is 13.6 Å². The largest absolute Gasteiger partial charge is 0.347 e. The van der Waals surface area contributed by atoms with Gasteiger partial charge in [0.25, 0.3) is 5.91 Å². The van der Waals surface area contributed by atoms with E-state index in [0.717, 1.165) is 0 Å². The van der Waals surface area contributed by atoms with Crippen LogP contribution in [0.3, 0.4) is 0 Å². The van der Waals surface area contributed by atoms with E-state index in [9.17, 15) is 13.6 Å². The number of carbonyl (C=O) groups is 1. The van der Waals surface area contributed by atoms with Crippen LogP contribution in [0.2, 0.25) is 0 Å². The molecule has 1 unspecified atom stereocenters. The molecule has 0 aliphatic carbocycles. The third-order valence-electron chi connectivity index (χ3n) is 1.59. The highest BCUT2D eigenvalue weighted by molar-refractivity contribution is 5.79. The van der Waals surface area contributed by atoms with Gasteiger partial charge < -0.3 is 11.1 Å². The van der Waals surface area contributed by atoms with E-state index < -0.39 is 12.3 Å². The highest BCUT2D eigenvalue weighted by Crippen LogP contribution is 2.04. The molecular formula is C8H16F2N2O. The van der Waals surface area contributed by atoms with Crippen molar-refractivity contribution in [3.63, 3.8) is 0 Å². The Bertz CT molecular complexity index is 162. The van der Waals surface area contributed by atoms with Gasteiger partial charge in [0, 0.05) is 12.6 Å². The van der Waals surface area contributed by atoms with Crippen LogP contribution in [0.1, 0.15) is 20.3 Å². The molecule has 1 atom stereocenters. The molecule has 0 bridgehead atoms. The first-order valence-corrected chi connectivity index (χ1v) is 4.26. The molecule has 0 aliphatic rings. The van der Waals surface area contributed by atoms with E-state index in [4.69, 9.17) is 5.73 Å². The summed E-state index contributed by atoms with van der Waals surface area (Å²) < 4.78 is 23.6. The molecule has 0 aromatic rings. The summed E-state index contributed by atoms with van der Waals surface area (Å²) in [6.45, 7) is 4.07. The summed E-state index contributed by atoms with van der Waals surface area (Å²) in [5.41, 5.74) is 5.31. The van der Waals surface area contributed by atoms with E-state index in [1.807, 2.05) is 13.8 Å². The minimum absolute atomic E-state index is 0.191. The van der Waals surface area contributed by atoms with Gasteiger partial charge in [0.2, 0.25) is 0 Å². The van der Waals surface area contributed by atoms with Crippen molar-refractivity contribution in [1.29, 1.82) is 0 Å². The van der Waals surface area contributed by atoms with Crippen molar-refractivity contribution in [2.45, 2.75) is 32.7 Å². The zero-order valence-corrected chi connectivity index (χ0v) is 7.89. The first-order valence-electron chi connectivity index (χ1n) is 4.26. The van der Waals surface area contributed by atoms with Crippen LogP contribution >= 0.6 is 0 Å². The van der Waals surface area contributed by atoms with Crippen molar-refractivity contribution in [2.75, 3.05) is 6.54 Å². The quantitative estimate of drug-likeness (QED) is 0.678. The Kier molecular flexibility index (Phi) is 5.53. The van der Waals surface area contributed by atoms with E-state index in [0.29, 0.717) is 12.3 Å². The number of hydrogen-bond acceptors (Lipinski definition) is 2. The minimum Gasteiger partial charge on any atom is -0.347 e. The molecule has 5 heteroatoms. The van der Waals surface area contributed by atoms with Gasteiger partial charge in [0.05, 0.1) is 0 Å². The Morgan fingerprint density at radius 3 is 2.31 bits per heavy atom. The Morgan fingerprint density at radius 1 is 1.46 bits per heavy atom. The minimum atomic E-state index is -2.96. The SMILES string of the molecule is CC(C)CC(CN)NC(=O)C(F)F. The molecule has 1 amide bonds. The van der Waals surface area contributed by atoms with Gasteiger partial charge >= 0.3 is 6.43 Å². The van der Waals surface area contributed by atoms with Crippen molar-refractivity contribution in [1.82, 2.24) is 5.32 Å². The zero-order valence-electron chi connectivity index (χ0n) is 7.89. The highest BCUT2D eigenvalue weighted by atomic mass is 19.3. The molecule has 0 heterocycles. The van der Waals surface area contributed by atoms with Gasteiger partial charge in [0.1, 0.15) is 0 Å². The molecule has 3 nitrogen and oxygen atoms in total. The van der Waals surface area contributed by atoms with E-state index in [-0.39, 0.29) is 12.6 Å². The lowest BCUT2D eigenvalue weighted by atomic mass is 10.0. The Morgan fingerprint density at radius 2 is 2.00 bits per heavy atom. The summed E-state index contributed by atoms with van der Waals surface area (Å²) in [7, 11) is 0. The van der Waals surface area contributed by atoms with Crippen LogP contribution in [-0.4, -0.2) is 24.9 Å². The fraction of sp³-hybridized carbons (Fsp3) is 0.875. The van der Waals surface area contributed by atoms with Crippen molar-refractivity contribution in [2.24, 2.45) is 11.7 Å². The highest BCUT2D eigenvalue weighted by Gasteiger charge is 2.19. The Hall–Kier alpha value is -0.710. The number of nitrogens with two attached hydrogens (primary N) is 1. The number of alkyl halides is 2. The number of hydrogen-bond donors (Lipinski definition) is 2. The second-order valence-electron chi connectivity index (χ2n) is 3.37. The maximum atomic E-state index is 11.8. The van der Waals surface area contributed by atoms with Crippen molar-refractivity contribution in [3.8, 4) is 0 Å². The fourth-order valence-electron chi connectivity index (χ4n) is 1.05. The van der Waals surface area contributed by atoms with E-state index >= 15 is 0 Å². The van der Waals surface area contributed by atoms with Crippen LogP contribution < -0.4 is 11.1 Å². The topological polar surface area (TPSA) is 55.1 Å². The van der Waals surface area contributed by atoms with Crippen LogP contribution in [0.4, 0.5) is 8.78 Å². The van der Waals surface area contributed by atoms with Gasteiger partial charge in [-0.25, -0.2) is 0 Å². The molecule has 3 N–H and O–H groups in total. The predicted molar refractivity (Wildman–Crippen MR) is 46.4 cm³/mol. The summed E-state index contributed by atoms with van der Waals surface area (Å²) in [5, 5.41) is 2.18. The summed E-state index contributed by atoms with van der Waals surface area (Å²) >= 11 is 0. The van der Waals surface area contributed by atoms with Crippen LogP contribution in [-0.2, 0) is 4.79 Å². The van der Waals surface area contributed by atoms with Gasteiger partial charge in [-0.2, -0.15) is 8.78 Å². The summed E-state index contributed by atoms with van der Waals surface area (Å²) in [6, 6.07) is -0.346. The van der Waals surface area contributed by atoms with Crippen molar-refractivity contribution in [3.05, 3.63) is 0 Å². The Labute approximate surface area is 76.7 Å². The van der Waals surface area contributed by atoms with Gasteiger partial charge in [-0.1, -0.05) is 13.8 Å². The molecule has 0 saturated carbocycles. The van der Waals surface area contributed by atoms with Gasteiger partial charge in [-0.3, -0.25) is 4.79 Å². The van der Waals surface area contributed by atoms with Crippen LogP contribution in [0.25, 0.3) is 0 Å². The van der Waals surface area contributed by atoms with E-state index in [1.165, 1.54) is 0 Å². The zero-order chi connectivity index (χ0) is 10.4. The second-order valence-corrected chi connectivity index (χ2v) is 3.37. The second kappa shape index (κ2) is 5.85. The van der Waals surface area contributed by atoms with E-state index in [1.54, 1.807) is 0 Å². The number of halogens is 2. The maximum absolute atomic E-state index is 11.8. The van der Waals surface area contributed by atoms with Gasteiger partial charge in [0.15, 0.2) is 0 Å². The number of rotatable bonds is 5. The van der Waals surface area contributed by atoms with Crippen LogP contribution in [0, 0.1) is 5.92 Å². The lowest BCUT2D eigenvalue weighted by Gasteiger charge is -2.18. The smallest absolute Gasteiger partial charge is 0.315 e. The average molecular weight is 194 g/mol. The standard InChI is InChI=1S/C8H16F2N2O/c1-5(2)3-6(4-11)12-8(13)7(9)10/h5-7H,3-4,11H2,1-2H3,(H,12,13). The third kappa shape index (κ3) is 5.52. The van der Waals surface area contributed by atoms with Gasteiger partial charge in [-0.05, 0) is 12.3 Å². The average Bonchev–Trinajstić information content (AvgIpc) is 2.02. The monoisotopic (exact) mass is 194 g/mol. The molecule has 13 heavy (non-hydrogen) atoms. The molecule has 0 aromatic heterocycles. The molecule has 0 aliphatic heterocycles. The number of nitrogens with one attached hydrogen (secondary N) is 1. The summed E-state index contributed by atoms with van der Waals surface area (Å²) in [4.78, 5) is 10.6. The molecule has 0 saturated heterocycles. The Balaban J connectivity index is 3.90. The number of carbonyl (C=O) groups excluding carboxylic acids is 1. The predicted octanol–water partition coefficient (Wildman–Crippen LogP) is 0.741. The molecule has 0 radical (unpaired) electrons. The van der Waals surface area contributed by atoms with Gasteiger partial charge in [-0.15, -0.1) is 0 Å². The van der Waals surface area contributed by atoms with E-state index in [2.05, 4.69) is 5.32 Å². The molecular weight excluding hydrogens is 178 g/mol. The molecule has 0 spiro atoms. The normalized spacial score (nSPS) is 13.5. The first kappa shape index (κ1) is 12.3. The molecule has 0 fully saturated rings. The number of amides is 1. The lowest BCUT2D eigenvalue weighted by Crippen LogP contribution is -2.43. The fourth-order valence-corrected chi connectivity index (χ4v) is 1.05. The van der Waals surface area contributed by atoms with Crippen LogP contribution in [0.15, 0.2) is 0 Å². The summed E-state index contributed by atoms with van der Waals surface area (Å²) in [5.74, 6) is -0.914.